The summed E-state index contributed by atoms with van der Waals surface area (Å²) in [6.07, 6.45) is 1.05. The lowest BCUT2D eigenvalue weighted by atomic mass is 10.2. The lowest BCUT2D eigenvalue weighted by molar-refractivity contribution is -0.138. The normalized spacial score (nSPS) is 12.0. The number of anilines is 1. The number of carboxylic acid groups (broad SMARTS) is 1. The van der Waals surface area contributed by atoms with E-state index in [4.69, 9.17) is 26.7 Å². The van der Waals surface area contributed by atoms with Crippen LogP contribution in [0.1, 0.15) is 6.92 Å². The predicted octanol–water partition coefficient (Wildman–Crippen LogP) is 1.76. The van der Waals surface area contributed by atoms with Gasteiger partial charge in [0.25, 0.3) is 5.91 Å². The summed E-state index contributed by atoms with van der Waals surface area (Å²) in [7, 11) is 1.46. The molecule has 0 spiro atoms. The molecule has 0 saturated carbocycles. The van der Waals surface area contributed by atoms with Gasteiger partial charge in [0.2, 0.25) is 0 Å². The third-order valence-corrected chi connectivity index (χ3v) is 2.92. The lowest BCUT2D eigenvalue weighted by Crippen LogP contribution is -2.30. The van der Waals surface area contributed by atoms with Crippen LogP contribution in [0.5, 0.6) is 5.75 Å². The van der Waals surface area contributed by atoms with Crippen molar-refractivity contribution in [3.8, 4) is 11.8 Å². The van der Waals surface area contributed by atoms with E-state index in [-0.39, 0.29) is 5.57 Å². The quantitative estimate of drug-likeness (QED) is 0.543. The molecule has 1 amide bonds. The molecular weight excluding hydrogens is 310 g/mol. The Bertz CT molecular complexity index is 652. The van der Waals surface area contributed by atoms with Crippen LogP contribution in [0.15, 0.2) is 30.0 Å². The van der Waals surface area contributed by atoms with Crippen LogP contribution in [0.25, 0.3) is 0 Å². The molecule has 0 aliphatic carbocycles. The Morgan fingerprint density at radius 3 is 2.68 bits per heavy atom. The van der Waals surface area contributed by atoms with Crippen LogP contribution in [0.4, 0.5) is 5.69 Å². The van der Waals surface area contributed by atoms with Gasteiger partial charge in [0.15, 0.2) is 0 Å². The zero-order valence-electron chi connectivity index (χ0n) is 11.9. The van der Waals surface area contributed by atoms with E-state index in [0.717, 1.165) is 6.20 Å². The second-order valence-electron chi connectivity index (χ2n) is 4.20. The van der Waals surface area contributed by atoms with E-state index in [9.17, 15) is 9.59 Å². The third kappa shape index (κ3) is 4.68. The number of rotatable bonds is 6. The van der Waals surface area contributed by atoms with E-state index in [2.05, 4.69) is 10.6 Å². The molecule has 0 heterocycles. The van der Waals surface area contributed by atoms with E-state index in [0.29, 0.717) is 16.5 Å². The molecule has 1 aromatic rings. The molecule has 1 atom stereocenters. The number of carboxylic acids is 1. The molecule has 1 aromatic carbocycles. The Kier molecular flexibility index (Phi) is 6.23. The SMILES string of the molecule is COc1ccc(NC(=O)/C(C#N)=C\NC(C)C(=O)O)cc1Cl. The Morgan fingerprint density at radius 1 is 1.50 bits per heavy atom. The molecule has 0 bridgehead atoms. The highest BCUT2D eigenvalue weighted by atomic mass is 35.5. The molecule has 0 aliphatic heterocycles. The number of benzene rings is 1. The molecule has 3 N–H and O–H groups in total. The van der Waals surface area contributed by atoms with Gasteiger partial charge in [0.05, 0.1) is 12.1 Å². The number of methoxy groups -OCH3 is 1. The lowest BCUT2D eigenvalue weighted by Gasteiger charge is -2.09. The summed E-state index contributed by atoms with van der Waals surface area (Å²) in [5.41, 5.74) is 0.114. The molecule has 7 nitrogen and oxygen atoms in total. The van der Waals surface area contributed by atoms with Crippen molar-refractivity contribution in [2.24, 2.45) is 0 Å². The van der Waals surface area contributed by atoms with Crippen molar-refractivity contribution < 1.29 is 19.4 Å². The van der Waals surface area contributed by atoms with Gasteiger partial charge in [-0.2, -0.15) is 5.26 Å². The molecule has 8 heteroatoms. The highest BCUT2D eigenvalue weighted by molar-refractivity contribution is 6.32. The number of hydrogen-bond acceptors (Lipinski definition) is 5. The molecule has 0 fully saturated rings. The van der Waals surface area contributed by atoms with Crippen LogP contribution in [0.3, 0.4) is 0 Å². The van der Waals surface area contributed by atoms with Crippen molar-refractivity contribution >= 4 is 29.2 Å². The first-order chi connectivity index (χ1) is 10.4. The first-order valence-electron chi connectivity index (χ1n) is 6.13. The molecule has 0 aromatic heterocycles. The van der Waals surface area contributed by atoms with Gasteiger partial charge in [-0.1, -0.05) is 11.6 Å². The topological polar surface area (TPSA) is 111 Å². The molecule has 0 saturated heterocycles. The summed E-state index contributed by atoms with van der Waals surface area (Å²) < 4.78 is 4.99. The molecule has 0 aliphatic rings. The number of carbonyl (C=O) groups is 2. The average molecular weight is 324 g/mol. The zero-order valence-corrected chi connectivity index (χ0v) is 12.6. The number of nitrogens with one attached hydrogen (secondary N) is 2. The van der Waals surface area contributed by atoms with Crippen molar-refractivity contribution in [3.63, 3.8) is 0 Å². The number of halogens is 1. The van der Waals surface area contributed by atoms with Gasteiger partial charge in [-0.05, 0) is 25.1 Å². The molecule has 1 rings (SSSR count). The predicted molar refractivity (Wildman–Crippen MR) is 80.6 cm³/mol. The third-order valence-electron chi connectivity index (χ3n) is 2.62. The van der Waals surface area contributed by atoms with E-state index >= 15 is 0 Å². The summed E-state index contributed by atoms with van der Waals surface area (Å²) in [6, 6.07) is 5.37. The van der Waals surface area contributed by atoms with Gasteiger partial charge < -0.3 is 20.5 Å². The van der Waals surface area contributed by atoms with Gasteiger partial charge in [0, 0.05) is 11.9 Å². The fourth-order valence-corrected chi connectivity index (χ4v) is 1.63. The molecular formula is C14H14ClN3O4. The van der Waals surface area contributed by atoms with Crippen molar-refractivity contribution in [3.05, 3.63) is 35.0 Å². The van der Waals surface area contributed by atoms with Crippen molar-refractivity contribution in [2.45, 2.75) is 13.0 Å². The monoisotopic (exact) mass is 323 g/mol. The highest BCUT2D eigenvalue weighted by Gasteiger charge is 2.13. The summed E-state index contributed by atoms with van der Waals surface area (Å²) in [6.45, 7) is 1.38. The van der Waals surface area contributed by atoms with E-state index in [1.807, 2.05) is 0 Å². The Labute approximate surface area is 132 Å². The van der Waals surface area contributed by atoms with Crippen molar-refractivity contribution in [1.82, 2.24) is 5.32 Å². The smallest absolute Gasteiger partial charge is 0.325 e. The minimum Gasteiger partial charge on any atom is -0.495 e. The van der Waals surface area contributed by atoms with Gasteiger partial charge >= 0.3 is 5.97 Å². The number of aliphatic carboxylic acids is 1. The van der Waals surface area contributed by atoms with Gasteiger partial charge in [-0.3, -0.25) is 9.59 Å². The summed E-state index contributed by atoms with van der Waals surface area (Å²) in [5, 5.41) is 22.9. The Morgan fingerprint density at radius 2 is 2.18 bits per heavy atom. The van der Waals surface area contributed by atoms with E-state index < -0.39 is 17.9 Å². The number of amides is 1. The number of ether oxygens (including phenoxy) is 1. The Hall–Kier alpha value is -2.72. The summed E-state index contributed by atoms with van der Waals surface area (Å²) in [5.74, 6) is -1.34. The van der Waals surface area contributed by atoms with Crippen molar-refractivity contribution in [2.75, 3.05) is 12.4 Å². The van der Waals surface area contributed by atoms with Crippen LogP contribution in [-0.2, 0) is 9.59 Å². The minimum atomic E-state index is -1.10. The number of nitriles is 1. The molecule has 116 valence electrons. The van der Waals surface area contributed by atoms with Gasteiger partial charge in [0.1, 0.15) is 23.4 Å². The van der Waals surface area contributed by atoms with Crippen molar-refractivity contribution in [1.29, 1.82) is 5.26 Å². The maximum atomic E-state index is 11.9. The number of hydrogen-bond donors (Lipinski definition) is 3. The molecule has 1 unspecified atom stereocenters. The summed E-state index contributed by atoms with van der Waals surface area (Å²) in [4.78, 5) is 22.6. The minimum absolute atomic E-state index is 0.264. The van der Waals surface area contributed by atoms with E-state index in [1.54, 1.807) is 18.2 Å². The van der Waals surface area contributed by atoms with Gasteiger partial charge in [-0.25, -0.2) is 0 Å². The number of carbonyl (C=O) groups excluding carboxylic acids is 1. The zero-order chi connectivity index (χ0) is 16.7. The van der Waals surface area contributed by atoms with Crippen LogP contribution in [0, 0.1) is 11.3 Å². The molecule has 22 heavy (non-hydrogen) atoms. The maximum Gasteiger partial charge on any atom is 0.325 e. The largest absolute Gasteiger partial charge is 0.495 e. The first kappa shape index (κ1) is 17.3. The Balaban J connectivity index is 2.81. The van der Waals surface area contributed by atoms with E-state index in [1.165, 1.54) is 20.1 Å². The second-order valence-corrected chi connectivity index (χ2v) is 4.61. The van der Waals surface area contributed by atoms with Crippen LogP contribution >= 0.6 is 11.6 Å². The summed E-state index contributed by atoms with van der Waals surface area (Å²) >= 11 is 5.93. The second kappa shape index (κ2) is 7.90. The highest BCUT2D eigenvalue weighted by Crippen LogP contribution is 2.27. The first-order valence-corrected chi connectivity index (χ1v) is 6.50. The van der Waals surface area contributed by atoms with Crippen LogP contribution < -0.4 is 15.4 Å². The van der Waals surface area contributed by atoms with Crippen LogP contribution in [-0.4, -0.2) is 30.1 Å². The number of nitrogens with zero attached hydrogens (tertiary/aromatic N) is 1. The fraction of sp³-hybridized carbons (Fsp3) is 0.214. The van der Waals surface area contributed by atoms with Crippen LogP contribution in [0.2, 0.25) is 5.02 Å². The average Bonchev–Trinajstić information content (AvgIpc) is 2.47. The maximum absolute atomic E-state index is 11.9. The van der Waals surface area contributed by atoms with Gasteiger partial charge in [-0.15, -0.1) is 0 Å². The fourth-order valence-electron chi connectivity index (χ4n) is 1.37. The molecule has 0 radical (unpaired) electrons. The standard InChI is InChI=1S/C14H14ClN3O4/c1-8(14(20)21)17-7-9(6-16)13(19)18-10-3-4-12(22-2)11(15)5-10/h3-5,7-8,17H,1-2H3,(H,18,19)(H,20,21)/b9-7-.